The number of nitrogens with one attached hydrogen (secondary N) is 1. The van der Waals surface area contributed by atoms with E-state index in [-0.39, 0.29) is 17.8 Å². The first-order chi connectivity index (χ1) is 8.20. The van der Waals surface area contributed by atoms with Gasteiger partial charge in [0.2, 0.25) is 5.91 Å². The van der Waals surface area contributed by atoms with Gasteiger partial charge in [-0.2, -0.15) is 0 Å². The largest absolute Gasteiger partial charge is 0.336 e. The van der Waals surface area contributed by atoms with E-state index in [1.54, 1.807) is 11.1 Å². The zero-order valence-corrected chi connectivity index (χ0v) is 9.82. The van der Waals surface area contributed by atoms with Gasteiger partial charge in [-0.15, -0.1) is 0 Å². The predicted molar refractivity (Wildman–Crippen MR) is 61.7 cm³/mol. The molecule has 17 heavy (non-hydrogen) atoms. The Morgan fingerprint density at radius 1 is 1.59 bits per heavy atom. The lowest BCUT2D eigenvalue weighted by Gasteiger charge is -2.32. The molecule has 4 nitrogen and oxygen atoms in total. The molecule has 1 N–H and O–H groups in total. The minimum absolute atomic E-state index is 0.0861. The minimum Gasteiger partial charge on any atom is -0.336 e. The number of piperazine rings is 1. The number of hydrogen-bond acceptors (Lipinski definition) is 3. The lowest BCUT2D eigenvalue weighted by molar-refractivity contribution is -0.136. The minimum atomic E-state index is -0.364. The van der Waals surface area contributed by atoms with Gasteiger partial charge in [-0.3, -0.25) is 9.78 Å². The van der Waals surface area contributed by atoms with Crippen LogP contribution in [0.1, 0.15) is 18.9 Å². The van der Waals surface area contributed by atoms with Crippen molar-refractivity contribution in [1.29, 1.82) is 0 Å². The van der Waals surface area contributed by atoms with Gasteiger partial charge in [0.05, 0.1) is 12.2 Å². The number of hydrogen-bond donors (Lipinski definition) is 1. The summed E-state index contributed by atoms with van der Waals surface area (Å²) in [5.41, 5.74) is 0.732. The Labute approximate surface area is 99.8 Å². The van der Waals surface area contributed by atoms with E-state index in [2.05, 4.69) is 10.3 Å². The van der Waals surface area contributed by atoms with Gasteiger partial charge in [0, 0.05) is 25.8 Å². The van der Waals surface area contributed by atoms with Crippen LogP contribution in [-0.2, 0) is 11.3 Å². The van der Waals surface area contributed by atoms with E-state index in [1.165, 1.54) is 6.07 Å². The summed E-state index contributed by atoms with van der Waals surface area (Å²) < 4.78 is 13.0. The van der Waals surface area contributed by atoms with Crippen molar-refractivity contribution >= 4 is 5.91 Å². The van der Waals surface area contributed by atoms with Gasteiger partial charge < -0.3 is 10.2 Å². The molecule has 1 aliphatic rings. The van der Waals surface area contributed by atoms with Crippen LogP contribution in [0.4, 0.5) is 4.39 Å². The van der Waals surface area contributed by atoms with Gasteiger partial charge in [0.15, 0.2) is 0 Å². The number of aromatic nitrogens is 1. The number of carbonyl (C=O) groups excluding carboxylic acids is 1. The van der Waals surface area contributed by atoms with Gasteiger partial charge >= 0.3 is 0 Å². The third-order valence-corrected chi connectivity index (χ3v) is 2.93. The molecule has 0 aromatic carbocycles. The molecule has 1 unspecified atom stereocenters. The zero-order chi connectivity index (χ0) is 12.3. The van der Waals surface area contributed by atoms with Gasteiger partial charge in [-0.1, -0.05) is 6.92 Å². The fourth-order valence-electron chi connectivity index (χ4n) is 2.03. The Kier molecular flexibility index (Phi) is 3.68. The maximum absolute atomic E-state index is 13.0. The smallest absolute Gasteiger partial charge is 0.240 e. The highest BCUT2D eigenvalue weighted by molar-refractivity contribution is 5.82. The summed E-state index contributed by atoms with van der Waals surface area (Å²) in [6.07, 6.45) is 3.54. The fourth-order valence-corrected chi connectivity index (χ4v) is 2.03. The molecule has 0 bridgehead atoms. The summed E-state index contributed by atoms with van der Waals surface area (Å²) in [5.74, 6) is -0.278. The fraction of sp³-hybridized carbons (Fsp3) is 0.500. The van der Waals surface area contributed by atoms with E-state index >= 15 is 0 Å². The Morgan fingerprint density at radius 2 is 2.41 bits per heavy atom. The van der Waals surface area contributed by atoms with E-state index in [9.17, 15) is 9.18 Å². The van der Waals surface area contributed by atoms with Crippen molar-refractivity contribution in [3.05, 3.63) is 29.8 Å². The topological polar surface area (TPSA) is 45.2 Å². The highest BCUT2D eigenvalue weighted by Gasteiger charge is 2.26. The second-order valence-corrected chi connectivity index (χ2v) is 4.19. The van der Waals surface area contributed by atoms with Crippen LogP contribution < -0.4 is 5.32 Å². The summed E-state index contributed by atoms with van der Waals surface area (Å²) in [4.78, 5) is 17.5. The van der Waals surface area contributed by atoms with Crippen molar-refractivity contribution in [3.63, 3.8) is 0 Å². The predicted octanol–water partition coefficient (Wildman–Crippen LogP) is 0.931. The molecule has 2 rings (SSSR count). The van der Waals surface area contributed by atoms with Crippen LogP contribution in [0.3, 0.4) is 0 Å². The maximum atomic E-state index is 13.0. The third-order valence-electron chi connectivity index (χ3n) is 2.93. The second kappa shape index (κ2) is 5.23. The Balaban J connectivity index is 2.05. The molecule has 92 valence electrons. The SMILES string of the molecule is CCC1NCCN(Cc2cncc(F)c2)C1=O. The molecule has 5 heteroatoms. The molecular weight excluding hydrogens is 221 g/mol. The monoisotopic (exact) mass is 237 g/mol. The van der Waals surface area contributed by atoms with Crippen molar-refractivity contribution in [3.8, 4) is 0 Å². The van der Waals surface area contributed by atoms with Crippen molar-refractivity contribution in [2.24, 2.45) is 0 Å². The lowest BCUT2D eigenvalue weighted by Crippen LogP contribution is -2.54. The summed E-state index contributed by atoms with van der Waals surface area (Å²) in [6, 6.07) is 1.31. The van der Waals surface area contributed by atoms with Gasteiger partial charge in [-0.25, -0.2) is 4.39 Å². The molecule has 2 heterocycles. The van der Waals surface area contributed by atoms with Crippen molar-refractivity contribution in [2.45, 2.75) is 25.9 Å². The Morgan fingerprint density at radius 3 is 3.12 bits per heavy atom. The quantitative estimate of drug-likeness (QED) is 0.850. The summed E-state index contributed by atoms with van der Waals surface area (Å²) in [5, 5.41) is 3.16. The van der Waals surface area contributed by atoms with Crippen LogP contribution >= 0.6 is 0 Å². The highest BCUT2D eigenvalue weighted by Crippen LogP contribution is 2.10. The molecule has 1 aliphatic heterocycles. The first-order valence-corrected chi connectivity index (χ1v) is 5.82. The number of pyridine rings is 1. The van der Waals surface area contributed by atoms with Gasteiger partial charge in [0.1, 0.15) is 5.82 Å². The van der Waals surface area contributed by atoms with Crippen LogP contribution in [-0.4, -0.2) is 34.9 Å². The van der Waals surface area contributed by atoms with Crippen LogP contribution in [0.5, 0.6) is 0 Å². The molecule has 1 fully saturated rings. The molecule has 1 aromatic heterocycles. The number of amides is 1. The zero-order valence-electron chi connectivity index (χ0n) is 9.82. The molecule has 1 atom stereocenters. The first kappa shape index (κ1) is 12.0. The molecule has 0 saturated carbocycles. The molecule has 1 saturated heterocycles. The molecule has 1 aromatic rings. The summed E-state index contributed by atoms with van der Waals surface area (Å²) in [6.45, 7) is 3.85. The molecule has 0 radical (unpaired) electrons. The third kappa shape index (κ3) is 2.79. The maximum Gasteiger partial charge on any atom is 0.240 e. The summed E-state index contributed by atoms with van der Waals surface area (Å²) in [7, 11) is 0. The van der Waals surface area contributed by atoms with E-state index < -0.39 is 0 Å². The number of carbonyl (C=O) groups is 1. The van der Waals surface area contributed by atoms with Crippen molar-refractivity contribution in [1.82, 2.24) is 15.2 Å². The van der Waals surface area contributed by atoms with Crippen molar-refractivity contribution in [2.75, 3.05) is 13.1 Å². The number of nitrogens with zero attached hydrogens (tertiary/aromatic N) is 2. The average Bonchev–Trinajstić information content (AvgIpc) is 2.32. The van der Waals surface area contributed by atoms with Crippen molar-refractivity contribution < 1.29 is 9.18 Å². The first-order valence-electron chi connectivity index (χ1n) is 5.82. The van der Waals surface area contributed by atoms with E-state index in [1.807, 2.05) is 6.92 Å². The lowest BCUT2D eigenvalue weighted by atomic mass is 10.1. The van der Waals surface area contributed by atoms with E-state index in [0.29, 0.717) is 13.1 Å². The Hall–Kier alpha value is -1.49. The average molecular weight is 237 g/mol. The van der Waals surface area contributed by atoms with Crippen LogP contribution in [0, 0.1) is 5.82 Å². The summed E-state index contributed by atoms with van der Waals surface area (Å²) >= 11 is 0. The van der Waals surface area contributed by atoms with Gasteiger partial charge in [0.25, 0.3) is 0 Å². The highest BCUT2D eigenvalue weighted by atomic mass is 19.1. The van der Waals surface area contributed by atoms with Crippen LogP contribution in [0.15, 0.2) is 18.5 Å². The molecule has 0 spiro atoms. The Bertz CT molecular complexity index is 410. The number of halogens is 1. The van der Waals surface area contributed by atoms with Crippen LogP contribution in [0.25, 0.3) is 0 Å². The molecule has 0 aliphatic carbocycles. The standard InChI is InChI=1S/C12H16FN3O/c1-2-11-12(17)16(4-3-15-11)8-9-5-10(13)7-14-6-9/h5-7,11,15H,2-4,8H2,1H3. The second-order valence-electron chi connectivity index (χ2n) is 4.19. The normalized spacial score (nSPS) is 20.7. The van der Waals surface area contributed by atoms with Crippen LogP contribution in [0.2, 0.25) is 0 Å². The number of rotatable bonds is 3. The van der Waals surface area contributed by atoms with E-state index in [4.69, 9.17) is 0 Å². The van der Waals surface area contributed by atoms with E-state index in [0.717, 1.165) is 24.7 Å². The molecule has 1 amide bonds. The van der Waals surface area contributed by atoms with Gasteiger partial charge in [-0.05, 0) is 18.1 Å². The molecular formula is C12H16FN3O.